The van der Waals surface area contributed by atoms with Gasteiger partial charge >= 0.3 is 0 Å². The van der Waals surface area contributed by atoms with Crippen LogP contribution in [0, 0.1) is 31.6 Å². The highest BCUT2D eigenvalue weighted by Crippen LogP contribution is 2.60. The van der Waals surface area contributed by atoms with Crippen LogP contribution in [0.25, 0.3) is 11.8 Å². The predicted octanol–water partition coefficient (Wildman–Crippen LogP) is 7.01. The Kier molecular flexibility index (Phi) is 5.14. The van der Waals surface area contributed by atoms with Gasteiger partial charge in [-0.05, 0) is 137 Å². The number of hydrogen-bond acceptors (Lipinski definition) is 3. The zero-order valence-corrected chi connectivity index (χ0v) is 21.5. The summed E-state index contributed by atoms with van der Waals surface area (Å²) in [5.74, 6) is 2.66. The molecule has 0 spiro atoms. The summed E-state index contributed by atoms with van der Waals surface area (Å²) in [6.45, 7) is 7.95. The molecule has 1 aliphatic heterocycles. The Labute approximate surface area is 206 Å². The van der Waals surface area contributed by atoms with E-state index in [-0.39, 0.29) is 17.2 Å². The molecule has 4 aliphatic carbocycles. The van der Waals surface area contributed by atoms with E-state index in [1.807, 2.05) is 19.9 Å². The molecule has 4 saturated carbocycles. The smallest absolute Gasteiger partial charge is 0.293 e. The summed E-state index contributed by atoms with van der Waals surface area (Å²) in [7, 11) is 0. The van der Waals surface area contributed by atoms with Crippen LogP contribution >= 0.6 is 11.8 Å². The van der Waals surface area contributed by atoms with E-state index in [1.54, 1.807) is 5.56 Å². The molecule has 178 valence electrons. The maximum Gasteiger partial charge on any atom is 0.293 e. The third kappa shape index (κ3) is 3.42. The maximum atomic E-state index is 12.7. The number of rotatable bonds is 4. The van der Waals surface area contributed by atoms with Crippen molar-refractivity contribution in [3.05, 3.63) is 57.8 Å². The quantitative estimate of drug-likeness (QED) is 0.448. The van der Waals surface area contributed by atoms with Crippen molar-refractivity contribution in [3.63, 3.8) is 0 Å². The van der Waals surface area contributed by atoms with E-state index in [0.29, 0.717) is 10.3 Å². The fourth-order valence-corrected chi connectivity index (χ4v) is 8.78. The number of hydrogen-bond donors (Lipinski definition) is 0. The van der Waals surface area contributed by atoms with Gasteiger partial charge in [-0.15, -0.1) is 0 Å². The summed E-state index contributed by atoms with van der Waals surface area (Å²) in [5, 5.41) is -0.180. The molecule has 2 aromatic rings. The minimum Gasteiger partial charge on any atom is -0.318 e. The number of benzene rings is 1. The molecule has 0 radical (unpaired) electrons. The molecule has 1 aromatic carbocycles. The monoisotopic (exact) mass is 474 g/mol. The van der Waals surface area contributed by atoms with Gasteiger partial charge in [0.2, 0.25) is 0 Å². The molecule has 5 fully saturated rings. The number of thioether (sulfide) groups is 1. The van der Waals surface area contributed by atoms with Crippen LogP contribution in [-0.2, 0) is 10.2 Å². The van der Waals surface area contributed by atoms with E-state index in [9.17, 15) is 9.59 Å². The lowest BCUT2D eigenvalue weighted by Crippen LogP contribution is -2.48. The first-order valence-corrected chi connectivity index (χ1v) is 13.6. The second kappa shape index (κ2) is 7.87. The first-order chi connectivity index (χ1) is 16.2. The van der Waals surface area contributed by atoms with E-state index < -0.39 is 0 Å². The normalized spacial score (nSPS) is 31.5. The third-order valence-electron chi connectivity index (χ3n) is 8.87. The van der Waals surface area contributed by atoms with Crippen LogP contribution in [-0.4, -0.2) is 26.7 Å². The van der Waals surface area contributed by atoms with Crippen LogP contribution in [0.2, 0.25) is 0 Å². The van der Waals surface area contributed by atoms with Crippen molar-refractivity contribution in [1.82, 2.24) is 9.47 Å². The third-order valence-corrected chi connectivity index (χ3v) is 9.76. The van der Waals surface area contributed by atoms with Crippen molar-refractivity contribution in [2.24, 2.45) is 17.8 Å². The summed E-state index contributed by atoms with van der Waals surface area (Å²) >= 11 is 1.04. The van der Waals surface area contributed by atoms with Crippen LogP contribution in [0.15, 0.2) is 35.2 Å². The van der Waals surface area contributed by atoms with Gasteiger partial charge in [0.1, 0.15) is 0 Å². The Morgan fingerprint density at radius 3 is 2.09 bits per heavy atom. The van der Waals surface area contributed by atoms with Gasteiger partial charge in [0.25, 0.3) is 11.1 Å². The Bertz CT molecular complexity index is 1170. The van der Waals surface area contributed by atoms with Crippen molar-refractivity contribution in [3.8, 4) is 5.69 Å². The minimum absolute atomic E-state index is 0.127. The van der Waals surface area contributed by atoms with Crippen molar-refractivity contribution < 1.29 is 9.59 Å². The lowest BCUT2D eigenvalue weighted by Gasteiger charge is -2.57. The molecule has 2 amide bonds. The Morgan fingerprint density at radius 2 is 1.56 bits per heavy atom. The lowest BCUT2D eigenvalue weighted by atomic mass is 9.48. The summed E-state index contributed by atoms with van der Waals surface area (Å²) < 4.78 is 2.27. The second-order valence-electron chi connectivity index (χ2n) is 11.6. The van der Waals surface area contributed by atoms with Crippen molar-refractivity contribution in [1.29, 1.82) is 0 Å². The lowest BCUT2D eigenvalue weighted by molar-refractivity contribution is -0.123. The predicted molar refractivity (Wildman–Crippen MR) is 138 cm³/mol. The van der Waals surface area contributed by atoms with Gasteiger partial charge in [0, 0.05) is 23.1 Å². The van der Waals surface area contributed by atoms with Gasteiger partial charge in [-0.2, -0.15) is 0 Å². The molecule has 0 unspecified atom stereocenters. The van der Waals surface area contributed by atoms with E-state index in [0.717, 1.165) is 46.5 Å². The Hall–Kier alpha value is -2.27. The number of carbonyl (C=O) groups is 2. The Morgan fingerprint density at radius 1 is 0.971 bits per heavy atom. The van der Waals surface area contributed by atoms with Gasteiger partial charge in [0.05, 0.1) is 4.91 Å². The molecule has 7 rings (SSSR count). The molecule has 5 aliphatic rings. The molecule has 34 heavy (non-hydrogen) atoms. The van der Waals surface area contributed by atoms with Crippen LogP contribution < -0.4 is 0 Å². The summed E-state index contributed by atoms with van der Waals surface area (Å²) in [4.78, 5) is 26.9. The molecule has 2 heterocycles. The molecule has 4 bridgehead atoms. The average molecular weight is 475 g/mol. The molecule has 5 heteroatoms. The summed E-state index contributed by atoms with van der Waals surface area (Å²) in [5.41, 5.74) is 6.35. The Balaban J connectivity index is 1.29. The van der Waals surface area contributed by atoms with Gasteiger partial charge in [-0.25, -0.2) is 0 Å². The van der Waals surface area contributed by atoms with Crippen LogP contribution in [0.3, 0.4) is 0 Å². The number of aromatic nitrogens is 1. The average Bonchev–Trinajstić information content (AvgIpc) is 3.21. The van der Waals surface area contributed by atoms with Gasteiger partial charge in [-0.1, -0.05) is 12.1 Å². The maximum absolute atomic E-state index is 12.7. The van der Waals surface area contributed by atoms with E-state index in [1.165, 1.54) is 49.1 Å². The first-order valence-electron chi connectivity index (χ1n) is 12.8. The molecular formula is C29H34N2O2S. The van der Waals surface area contributed by atoms with Crippen LogP contribution in [0.4, 0.5) is 4.79 Å². The molecule has 0 N–H and O–H groups in total. The van der Waals surface area contributed by atoms with Crippen molar-refractivity contribution >= 4 is 29.0 Å². The highest BCUT2D eigenvalue weighted by Gasteiger charge is 2.51. The van der Waals surface area contributed by atoms with Gasteiger partial charge < -0.3 is 4.57 Å². The van der Waals surface area contributed by atoms with Crippen LogP contribution in [0.1, 0.15) is 74.9 Å². The number of nitrogens with zero attached hydrogens (tertiary/aromatic N) is 2. The topological polar surface area (TPSA) is 42.3 Å². The number of aryl methyl sites for hydroxylation is 1. The van der Waals surface area contributed by atoms with E-state index in [2.05, 4.69) is 48.7 Å². The van der Waals surface area contributed by atoms with Gasteiger partial charge in [0.15, 0.2) is 0 Å². The summed E-state index contributed by atoms with van der Waals surface area (Å²) in [6, 6.07) is 11.3. The van der Waals surface area contributed by atoms with Crippen molar-refractivity contribution in [2.75, 3.05) is 0 Å². The molecular weight excluding hydrogens is 440 g/mol. The zero-order valence-electron chi connectivity index (χ0n) is 20.6. The minimum atomic E-state index is -0.185. The molecule has 1 saturated heterocycles. The number of carbonyl (C=O) groups excluding carboxylic acids is 2. The van der Waals surface area contributed by atoms with E-state index >= 15 is 0 Å². The fourth-order valence-electron chi connectivity index (χ4n) is 7.83. The molecule has 0 atom stereocenters. The van der Waals surface area contributed by atoms with Crippen LogP contribution in [0.5, 0.6) is 0 Å². The van der Waals surface area contributed by atoms with E-state index in [4.69, 9.17) is 0 Å². The second-order valence-corrected chi connectivity index (χ2v) is 12.5. The SMILES string of the molecule is Cc1cc(/C=C2/SC(=O)N(C(C)C)C2=O)c(C)n1-c1ccc(C23CC4CC(CC(C4)C2)C3)cc1. The number of amides is 2. The standard InChI is InChI=1S/C29H34N2O2S/c1-17(2)30-27(32)26(34-28(30)33)13-23-9-18(3)31(19(23)4)25-7-5-24(6-8-25)29-14-20-10-21(15-29)12-22(11-20)16-29/h5-9,13,17,20-22H,10-12,14-16H2,1-4H3/b26-13+. The highest BCUT2D eigenvalue weighted by atomic mass is 32.2. The number of imide groups is 1. The first kappa shape index (κ1) is 22.2. The largest absolute Gasteiger partial charge is 0.318 e. The molecule has 4 nitrogen and oxygen atoms in total. The molecule has 1 aromatic heterocycles. The van der Waals surface area contributed by atoms with Crippen molar-refractivity contribution in [2.45, 2.75) is 77.7 Å². The fraction of sp³-hybridized carbons (Fsp3) is 0.517. The highest BCUT2D eigenvalue weighted by molar-refractivity contribution is 8.18. The zero-order chi connectivity index (χ0) is 23.8. The summed E-state index contributed by atoms with van der Waals surface area (Å²) in [6.07, 6.45) is 10.5. The van der Waals surface area contributed by atoms with Gasteiger partial charge in [-0.3, -0.25) is 14.5 Å².